The molecule has 1 saturated heterocycles. The molecule has 1 aliphatic rings. The van der Waals surface area contributed by atoms with Crippen molar-refractivity contribution in [3.63, 3.8) is 0 Å². The van der Waals surface area contributed by atoms with Crippen LogP contribution in [0.1, 0.15) is 23.1 Å². The summed E-state index contributed by atoms with van der Waals surface area (Å²) in [5.41, 5.74) is 3.33. The molecule has 2 aromatic rings. The average molecular weight is 411 g/mol. The van der Waals surface area contributed by atoms with Crippen LogP contribution < -0.4 is 9.47 Å². The Labute approximate surface area is 178 Å². The Morgan fingerprint density at radius 3 is 1.97 bits per heavy atom. The van der Waals surface area contributed by atoms with Gasteiger partial charge >= 0.3 is 0 Å². The monoisotopic (exact) mass is 410 g/mol. The number of nitrogens with zero attached hydrogens (tertiary/aromatic N) is 2. The van der Waals surface area contributed by atoms with E-state index < -0.39 is 0 Å². The molecule has 1 fully saturated rings. The van der Waals surface area contributed by atoms with Crippen LogP contribution in [0.5, 0.6) is 11.5 Å². The highest BCUT2D eigenvalue weighted by molar-refractivity contribution is 5.79. The van der Waals surface area contributed by atoms with Crippen molar-refractivity contribution < 1.29 is 19.1 Å². The molecule has 1 aliphatic heterocycles. The first-order valence-electron chi connectivity index (χ1n) is 10.3. The van der Waals surface area contributed by atoms with Crippen molar-refractivity contribution in [1.82, 2.24) is 9.80 Å². The SMILES string of the molecule is COc1ccc(CCC(=O)N2CCN(C(=O)COc3cc(C)cc(C)c3)CC2)cc1. The highest BCUT2D eigenvalue weighted by Crippen LogP contribution is 2.17. The first-order valence-corrected chi connectivity index (χ1v) is 10.3. The Morgan fingerprint density at radius 1 is 0.833 bits per heavy atom. The molecule has 6 heteroatoms. The summed E-state index contributed by atoms with van der Waals surface area (Å²) in [4.78, 5) is 28.6. The van der Waals surface area contributed by atoms with Gasteiger partial charge in [0.15, 0.2) is 6.61 Å². The summed E-state index contributed by atoms with van der Waals surface area (Å²) in [7, 11) is 1.64. The lowest BCUT2D eigenvalue weighted by molar-refractivity contribution is -0.140. The number of hydrogen-bond donors (Lipinski definition) is 0. The fourth-order valence-electron chi connectivity index (χ4n) is 3.66. The van der Waals surface area contributed by atoms with Crippen molar-refractivity contribution in [3.8, 4) is 11.5 Å². The molecule has 0 radical (unpaired) electrons. The molecule has 0 spiro atoms. The van der Waals surface area contributed by atoms with E-state index in [9.17, 15) is 9.59 Å². The molecule has 1 heterocycles. The maximum Gasteiger partial charge on any atom is 0.260 e. The summed E-state index contributed by atoms with van der Waals surface area (Å²) < 4.78 is 10.8. The van der Waals surface area contributed by atoms with Gasteiger partial charge in [0, 0.05) is 32.6 Å². The van der Waals surface area contributed by atoms with Gasteiger partial charge in [-0.25, -0.2) is 0 Å². The van der Waals surface area contributed by atoms with Crippen molar-refractivity contribution in [2.75, 3.05) is 39.9 Å². The number of carbonyl (C=O) groups excluding carboxylic acids is 2. The van der Waals surface area contributed by atoms with E-state index in [0.29, 0.717) is 44.8 Å². The number of methoxy groups -OCH3 is 1. The Hall–Kier alpha value is -3.02. The van der Waals surface area contributed by atoms with Gasteiger partial charge in [0.25, 0.3) is 5.91 Å². The minimum Gasteiger partial charge on any atom is -0.497 e. The minimum absolute atomic E-state index is 0.0221. The van der Waals surface area contributed by atoms with E-state index in [0.717, 1.165) is 22.4 Å². The number of ether oxygens (including phenoxy) is 2. The number of carbonyl (C=O) groups is 2. The van der Waals surface area contributed by atoms with E-state index in [4.69, 9.17) is 9.47 Å². The molecule has 6 nitrogen and oxygen atoms in total. The molecule has 0 bridgehead atoms. The highest BCUT2D eigenvalue weighted by atomic mass is 16.5. The van der Waals surface area contributed by atoms with Crippen LogP contribution >= 0.6 is 0 Å². The molecule has 30 heavy (non-hydrogen) atoms. The van der Waals surface area contributed by atoms with Gasteiger partial charge in [-0.2, -0.15) is 0 Å². The molecular formula is C24H30N2O4. The van der Waals surface area contributed by atoms with Crippen molar-refractivity contribution in [1.29, 1.82) is 0 Å². The lowest BCUT2D eigenvalue weighted by Crippen LogP contribution is -2.51. The smallest absolute Gasteiger partial charge is 0.260 e. The van der Waals surface area contributed by atoms with Crippen molar-refractivity contribution in [3.05, 3.63) is 59.2 Å². The number of amides is 2. The van der Waals surface area contributed by atoms with Gasteiger partial charge in [0.05, 0.1) is 7.11 Å². The van der Waals surface area contributed by atoms with Crippen LogP contribution in [0.3, 0.4) is 0 Å². The fourth-order valence-corrected chi connectivity index (χ4v) is 3.66. The van der Waals surface area contributed by atoms with Crippen LogP contribution in [0.15, 0.2) is 42.5 Å². The lowest BCUT2D eigenvalue weighted by atomic mass is 10.1. The molecule has 0 N–H and O–H groups in total. The van der Waals surface area contributed by atoms with E-state index in [1.54, 1.807) is 12.0 Å². The molecule has 0 saturated carbocycles. The lowest BCUT2D eigenvalue weighted by Gasteiger charge is -2.34. The zero-order valence-corrected chi connectivity index (χ0v) is 18.0. The Kier molecular flexibility index (Phi) is 7.33. The van der Waals surface area contributed by atoms with Gasteiger partial charge in [-0.05, 0) is 61.2 Å². The predicted octanol–water partition coefficient (Wildman–Crippen LogP) is 2.99. The zero-order valence-electron chi connectivity index (χ0n) is 18.0. The minimum atomic E-state index is -0.0421. The molecular weight excluding hydrogens is 380 g/mol. The molecule has 3 rings (SSSR count). The van der Waals surface area contributed by atoms with Gasteiger partial charge in [0.1, 0.15) is 11.5 Å². The van der Waals surface area contributed by atoms with Crippen LogP contribution in [-0.2, 0) is 16.0 Å². The molecule has 160 valence electrons. The van der Waals surface area contributed by atoms with E-state index in [1.807, 2.05) is 55.1 Å². The summed E-state index contributed by atoms with van der Waals surface area (Å²) >= 11 is 0. The van der Waals surface area contributed by atoms with Crippen LogP contribution in [-0.4, -0.2) is 61.5 Å². The normalized spacial score (nSPS) is 13.8. The Bertz CT molecular complexity index is 851. The third kappa shape index (κ3) is 5.99. The average Bonchev–Trinajstić information content (AvgIpc) is 2.75. The summed E-state index contributed by atoms with van der Waals surface area (Å²) in [5, 5.41) is 0. The summed E-state index contributed by atoms with van der Waals surface area (Å²) in [6.07, 6.45) is 1.17. The maximum absolute atomic E-state index is 12.5. The van der Waals surface area contributed by atoms with E-state index in [-0.39, 0.29) is 18.4 Å². The van der Waals surface area contributed by atoms with Gasteiger partial charge in [0.2, 0.25) is 5.91 Å². The van der Waals surface area contributed by atoms with Crippen LogP contribution in [0.4, 0.5) is 0 Å². The second-order valence-corrected chi connectivity index (χ2v) is 7.72. The van der Waals surface area contributed by atoms with Crippen LogP contribution in [0, 0.1) is 13.8 Å². The molecule has 0 atom stereocenters. The summed E-state index contributed by atoms with van der Waals surface area (Å²) in [6, 6.07) is 13.7. The molecule has 2 amide bonds. The quantitative estimate of drug-likeness (QED) is 0.704. The molecule has 0 unspecified atom stereocenters. The molecule has 2 aromatic carbocycles. The fraction of sp³-hybridized carbons (Fsp3) is 0.417. The number of piperazine rings is 1. The van der Waals surface area contributed by atoms with Crippen molar-refractivity contribution in [2.45, 2.75) is 26.7 Å². The number of aryl methyl sites for hydroxylation is 3. The number of benzene rings is 2. The topological polar surface area (TPSA) is 59.1 Å². The van der Waals surface area contributed by atoms with Crippen molar-refractivity contribution >= 4 is 11.8 Å². The standard InChI is InChI=1S/C24H30N2O4/c1-18-14-19(2)16-22(15-18)30-17-24(28)26-12-10-25(11-13-26)23(27)9-6-20-4-7-21(29-3)8-5-20/h4-5,7-8,14-16H,6,9-13,17H2,1-3H3. The van der Waals surface area contributed by atoms with Crippen LogP contribution in [0.25, 0.3) is 0 Å². The Balaban J connectivity index is 1.40. The van der Waals surface area contributed by atoms with E-state index >= 15 is 0 Å². The summed E-state index contributed by atoms with van der Waals surface area (Å²) in [6.45, 7) is 6.26. The second kappa shape index (κ2) is 10.1. The number of hydrogen-bond acceptors (Lipinski definition) is 4. The van der Waals surface area contributed by atoms with Gasteiger partial charge in [-0.3, -0.25) is 9.59 Å². The predicted molar refractivity (Wildman–Crippen MR) is 116 cm³/mol. The molecule has 0 aliphatic carbocycles. The van der Waals surface area contributed by atoms with Crippen molar-refractivity contribution in [2.24, 2.45) is 0 Å². The summed E-state index contributed by atoms with van der Waals surface area (Å²) in [5.74, 6) is 1.62. The van der Waals surface area contributed by atoms with Crippen LogP contribution in [0.2, 0.25) is 0 Å². The van der Waals surface area contributed by atoms with E-state index in [1.165, 1.54) is 0 Å². The number of rotatable bonds is 7. The first-order chi connectivity index (χ1) is 14.4. The van der Waals surface area contributed by atoms with Gasteiger partial charge in [-0.15, -0.1) is 0 Å². The molecule has 0 aromatic heterocycles. The maximum atomic E-state index is 12.5. The third-order valence-corrected chi connectivity index (χ3v) is 5.33. The Morgan fingerprint density at radius 2 is 1.40 bits per heavy atom. The zero-order chi connectivity index (χ0) is 21.5. The van der Waals surface area contributed by atoms with E-state index in [2.05, 4.69) is 6.07 Å². The highest BCUT2D eigenvalue weighted by Gasteiger charge is 2.24. The largest absolute Gasteiger partial charge is 0.497 e. The van der Waals surface area contributed by atoms with Gasteiger partial charge < -0.3 is 19.3 Å². The van der Waals surface area contributed by atoms with Gasteiger partial charge in [-0.1, -0.05) is 18.2 Å². The first kappa shape index (κ1) is 21.7. The third-order valence-electron chi connectivity index (χ3n) is 5.33. The second-order valence-electron chi connectivity index (χ2n) is 7.72.